The molecule has 0 aromatic carbocycles. The maximum atomic E-state index is 7.28. The average Bonchev–Trinajstić information content (AvgIpc) is 3.88. The Kier molecular flexibility index (Phi) is 12.4. The molecule has 48 heavy (non-hydrogen) atoms. The highest BCUT2D eigenvalue weighted by atomic mass is 14.8. The van der Waals surface area contributed by atoms with Crippen molar-refractivity contribution in [2.75, 3.05) is 0 Å². The van der Waals surface area contributed by atoms with E-state index in [0.29, 0.717) is 0 Å². The topological polar surface area (TPSA) is 161 Å². The number of nitrogens with two attached hydrogens (primary N) is 4. The number of hydrogen-bond donors (Lipinski definition) is 6. The maximum absolute atomic E-state index is 7.28. The maximum Gasteiger partial charge on any atom is 0.0754 e. The molecule has 3 aromatic rings. The fourth-order valence-electron chi connectivity index (χ4n) is 7.07. The molecule has 0 radical (unpaired) electrons. The van der Waals surface area contributed by atoms with Gasteiger partial charge in [0.15, 0.2) is 0 Å². The van der Waals surface area contributed by atoms with Crippen LogP contribution in [0.5, 0.6) is 0 Å². The standard InChI is InChI=1S/C40H58N8/c1-5-9-13-31(41)30-23-29-22-27-18-17-25(45-27)21-26-19-20-28(46-26)24-35-36(32(42)14-10-6-2)37(33(43)15-11-7-3)40(48-35)38(39(30)47-29)34(44)16-12-8-4/h17-24,31-34,45,48H,5-16,41-44H2,1-4H3. The smallest absolute Gasteiger partial charge is 0.0754 e. The van der Waals surface area contributed by atoms with E-state index in [1.54, 1.807) is 0 Å². The van der Waals surface area contributed by atoms with Crippen LogP contribution in [0.1, 0.15) is 162 Å². The van der Waals surface area contributed by atoms with Crippen LogP contribution in [-0.4, -0.2) is 26.0 Å². The summed E-state index contributed by atoms with van der Waals surface area (Å²) in [6.07, 6.45) is 18.0. The molecular formula is C40H58N8. The summed E-state index contributed by atoms with van der Waals surface area (Å²) in [6, 6.07) is 9.58. The van der Waals surface area contributed by atoms with Gasteiger partial charge in [-0.3, -0.25) is 0 Å². The third-order valence-electron chi connectivity index (χ3n) is 9.75. The first-order valence-corrected chi connectivity index (χ1v) is 18.5. The zero-order valence-corrected chi connectivity index (χ0v) is 29.6. The number of nitrogens with one attached hydrogen (secondary N) is 2. The summed E-state index contributed by atoms with van der Waals surface area (Å²) in [7, 11) is 0. The van der Waals surface area contributed by atoms with E-state index in [9.17, 15) is 0 Å². The van der Waals surface area contributed by atoms with Crippen molar-refractivity contribution in [1.82, 2.24) is 19.9 Å². The second-order valence-electron chi connectivity index (χ2n) is 13.7. The SMILES string of the molecule is CCCCC(N)C1=Cc2cc3ccc(cc4nc(cc5[nH]c(c(C(N)CCCC)c1n2)c(C(N)CCCC)c5C(N)CCCC)C=C4)[nH]3. The highest BCUT2D eigenvalue weighted by molar-refractivity contribution is 5.90. The quantitative estimate of drug-likeness (QED) is 0.0708. The Morgan fingerprint density at radius 1 is 0.562 bits per heavy atom. The van der Waals surface area contributed by atoms with Gasteiger partial charge in [0.2, 0.25) is 0 Å². The Balaban J connectivity index is 1.97. The van der Waals surface area contributed by atoms with E-state index in [-0.39, 0.29) is 24.2 Å². The largest absolute Gasteiger partial charge is 0.355 e. The molecule has 8 bridgehead atoms. The van der Waals surface area contributed by atoms with Crippen molar-refractivity contribution in [1.29, 1.82) is 0 Å². The van der Waals surface area contributed by atoms with Crippen molar-refractivity contribution in [3.63, 3.8) is 0 Å². The van der Waals surface area contributed by atoms with Gasteiger partial charge in [-0.25, -0.2) is 9.97 Å². The third kappa shape index (κ3) is 8.17. The van der Waals surface area contributed by atoms with Crippen molar-refractivity contribution >= 4 is 45.9 Å². The van der Waals surface area contributed by atoms with E-state index in [0.717, 1.165) is 144 Å². The number of H-pyrrole nitrogens is 2. The fourth-order valence-corrected chi connectivity index (χ4v) is 7.07. The molecule has 0 saturated heterocycles. The van der Waals surface area contributed by atoms with Gasteiger partial charge in [0, 0.05) is 46.3 Å². The Morgan fingerprint density at radius 3 is 1.65 bits per heavy atom. The van der Waals surface area contributed by atoms with Crippen LogP contribution in [0, 0.1) is 0 Å². The van der Waals surface area contributed by atoms with Gasteiger partial charge in [-0.15, -0.1) is 0 Å². The van der Waals surface area contributed by atoms with E-state index in [2.05, 4.69) is 86.2 Å². The molecule has 5 heterocycles. The van der Waals surface area contributed by atoms with Crippen LogP contribution >= 0.6 is 0 Å². The predicted octanol–water partition coefficient (Wildman–Crippen LogP) is 9.11. The number of rotatable bonds is 16. The molecule has 0 spiro atoms. The second kappa shape index (κ2) is 16.7. The Morgan fingerprint density at radius 2 is 1.06 bits per heavy atom. The van der Waals surface area contributed by atoms with Crippen LogP contribution in [0.3, 0.4) is 0 Å². The third-order valence-corrected chi connectivity index (χ3v) is 9.75. The molecular weight excluding hydrogens is 592 g/mol. The first-order valence-electron chi connectivity index (χ1n) is 18.5. The van der Waals surface area contributed by atoms with Gasteiger partial charge in [0.05, 0.1) is 28.3 Å². The lowest BCUT2D eigenvalue weighted by atomic mass is 9.88. The molecule has 2 aliphatic heterocycles. The lowest BCUT2D eigenvalue weighted by Crippen LogP contribution is -2.23. The van der Waals surface area contributed by atoms with Gasteiger partial charge in [0.25, 0.3) is 0 Å². The van der Waals surface area contributed by atoms with Gasteiger partial charge in [-0.1, -0.05) is 79.1 Å². The molecule has 0 saturated carbocycles. The average molecular weight is 651 g/mol. The number of unbranched alkanes of at least 4 members (excludes halogenated alkanes) is 4. The fraction of sp³-hybridized carbons (Fsp3) is 0.500. The molecule has 10 N–H and O–H groups in total. The van der Waals surface area contributed by atoms with Gasteiger partial charge in [0.1, 0.15) is 0 Å². The minimum atomic E-state index is -0.276. The lowest BCUT2D eigenvalue weighted by Gasteiger charge is -2.22. The molecule has 3 aromatic heterocycles. The van der Waals surface area contributed by atoms with Crippen molar-refractivity contribution in [3.05, 3.63) is 69.8 Å². The van der Waals surface area contributed by atoms with Gasteiger partial charge in [-0.05, 0) is 90.9 Å². The molecule has 0 amide bonds. The minimum Gasteiger partial charge on any atom is -0.355 e. The summed E-state index contributed by atoms with van der Waals surface area (Å²) in [5.74, 6) is 0. The predicted molar refractivity (Wildman–Crippen MR) is 205 cm³/mol. The van der Waals surface area contributed by atoms with Crippen LogP contribution in [0.2, 0.25) is 0 Å². The van der Waals surface area contributed by atoms with E-state index in [4.69, 9.17) is 32.9 Å². The molecule has 8 heteroatoms. The Bertz CT molecular complexity index is 1760. The number of fused-ring (bicyclic) bond motifs is 8. The number of hydrogen-bond acceptors (Lipinski definition) is 6. The highest BCUT2D eigenvalue weighted by Crippen LogP contribution is 2.41. The zero-order valence-electron chi connectivity index (χ0n) is 29.6. The van der Waals surface area contributed by atoms with Crippen LogP contribution in [0.25, 0.3) is 45.9 Å². The molecule has 258 valence electrons. The van der Waals surface area contributed by atoms with Crippen LogP contribution in [0.4, 0.5) is 0 Å². The van der Waals surface area contributed by atoms with Crippen molar-refractivity contribution in [2.24, 2.45) is 22.9 Å². The number of nitrogens with zero attached hydrogens (tertiary/aromatic N) is 2. The summed E-state index contributed by atoms with van der Waals surface area (Å²) >= 11 is 0. The van der Waals surface area contributed by atoms with Crippen LogP contribution in [-0.2, 0) is 0 Å². The van der Waals surface area contributed by atoms with E-state index in [1.807, 2.05) is 0 Å². The van der Waals surface area contributed by atoms with E-state index < -0.39 is 0 Å². The van der Waals surface area contributed by atoms with E-state index >= 15 is 0 Å². The molecule has 4 atom stereocenters. The lowest BCUT2D eigenvalue weighted by molar-refractivity contribution is 0.572. The highest BCUT2D eigenvalue weighted by Gasteiger charge is 2.29. The van der Waals surface area contributed by atoms with E-state index in [1.165, 1.54) is 0 Å². The first-order chi connectivity index (χ1) is 23.3. The van der Waals surface area contributed by atoms with Crippen LogP contribution < -0.4 is 22.9 Å². The molecule has 2 aliphatic rings. The zero-order chi connectivity index (χ0) is 34.2. The summed E-state index contributed by atoms with van der Waals surface area (Å²) in [5, 5.41) is 0. The molecule has 5 rings (SSSR count). The van der Waals surface area contributed by atoms with Gasteiger partial charge in [-0.2, -0.15) is 0 Å². The summed E-state index contributed by atoms with van der Waals surface area (Å²) in [4.78, 5) is 17.7. The normalized spacial score (nSPS) is 15.4. The second-order valence-corrected chi connectivity index (χ2v) is 13.7. The number of aromatic nitrogens is 4. The van der Waals surface area contributed by atoms with Gasteiger partial charge >= 0.3 is 0 Å². The molecule has 4 unspecified atom stereocenters. The summed E-state index contributed by atoms with van der Waals surface area (Å²) in [6.45, 7) is 8.83. The first kappa shape index (κ1) is 35.7. The Hall–Kier alpha value is -3.56. The number of aromatic amines is 2. The van der Waals surface area contributed by atoms with Crippen molar-refractivity contribution < 1.29 is 0 Å². The van der Waals surface area contributed by atoms with Crippen LogP contribution in [0.15, 0.2) is 30.3 Å². The molecule has 0 fully saturated rings. The van der Waals surface area contributed by atoms with Gasteiger partial charge < -0.3 is 32.9 Å². The Labute approximate surface area is 286 Å². The minimum absolute atomic E-state index is 0.172. The monoisotopic (exact) mass is 650 g/mol. The van der Waals surface area contributed by atoms with Crippen molar-refractivity contribution in [3.8, 4) is 0 Å². The molecule has 8 nitrogen and oxygen atoms in total. The summed E-state index contributed by atoms with van der Waals surface area (Å²) in [5.41, 5.74) is 40.2. The van der Waals surface area contributed by atoms with Crippen molar-refractivity contribution in [2.45, 2.75) is 129 Å². The molecule has 0 aliphatic carbocycles. The summed E-state index contributed by atoms with van der Waals surface area (Å²) < 4.78 is 0.